The van der Waals surface area contributed by atoms with Crippen LogP contribution in [0.25, 0.3) is 10.4 Å². The highest BCUT2D eigenvalue weighted by Gasteiger charge is 2.33. The molecule has 0 bridgehead atoms. The molecule has 2 aromatic rings. The number of H-pyrrole nitrogens is 1. The number of ether oxygens (including phenoxy) is 1. The van der Waals surface area contributed by atoms with Crippen LogP contribution >= 0.6 is 11.3 Å². The Morgan fingerprint density at radius 2 is 2.32 bits per heavy atom. The molecule has 1 amide bonds. The van der Waals surface area contributed by atoms with Crippen molar-refractivity contribution >= 4 is 22.9 Å². The van der Waals surface area contributed by atoms with Gasteiger partial charge in [-0.3, -0.25) is 9.89 Å². The first-order valence-corrected chi connectivity index (χ1v) is 6.98. The summed E-state index contributed by atoms with van der Waals surface area (Å²) in [6.45, 7) is 3.00. The second kappa shape index (κ2) is 3.99. The zero-order chi connectivity index (χ0) is 12.8. The van der Waals surface area contributed by atoms with E-state index in [0.717, 1.165) is 39.8 Å². The first kappa shape index (κ1) is 10.9. The number of carbonyl (C=O) groups is 1. The Bertz CT molecular complexity index is 634. The standard InChI is InChI=1S/C12H12N4O2S/c17-12-11-8-9(10(19-11)7-5-14-15-6-7)18-4-3-16(8)2-1-13-12/h5-6H,1-4H2,(H,13,17)(H,14,15). The average molecular weight is 276 g/mol. The fraction of sp³-hybridized carbons (Fsp3) is 0.333. The van der Waals surface area contributed by atoms with Gasteiger partial charge in [0.2, 0.25) is 0 Å². The van der Waals surface area contributed by atoms with Crippen LogP contribution in [0.4, 0.5) is 5.69 Å². The van der Waals surface area contributed by atoms with Crippen LogP contribution in [0.1, 0.15) is 9.67 Å². The highest BCUT2D eigenvalue weighted by molar-refractivity contribution is 7.18. The smallest absolute Gasteiger partial charge is 0.263 e. The largest absolute Gasteiger partial charge is 0.488 e. The van der Waals surface area contributed by atoms with E-state index in [1.165, 1.54) is 11.3 Å². The van der Waals surface area contributed by atoms with Crippen molar-refractivity contribution in [1.29, 1.82) is 0 Å². The Morgan fingerprint density at radius 3 is 3.16 bits per heavy atom. The molecule has 0 fully saturated rings. The number of aromatic amines is 1. The topological polar surface area (TPSA) is 70.2 Å². The maximum absolute atomic E-state index is 12.1. The molecule has 2 aliphatic rings. The molecule has 2 N–H and O–H groups in total. The van der Waals surface area contributed by atoms with E-state index < -0.39 is 0 Å². The van der Waals surface area contributed by atoms with Gasteiger partial charge in [-0.05, 0) is 0 Å². The van der Waals surface area contributed by atoms with Crippen molar-refractivity contribution in [2.75, 3.05) is 31.1 Å². The Balaban J connectivity index is 1.95. The lowest BCUT2D eigenvalue weighted by Crippen LogP contribution is -2.35. The number of aromatic nitrogens is 2. The quantitative estimate of drug-likeness (QED) is 0.817. The van der Waals surface area contributed by atoms with Crippen LogP contribution in [-0.4, -0.2) is 42.3 Å². The van der Waals surface area contributed by atoms with Crippen molar-refractivity contribution in [3.05, 3.63) is 17.3 Å². The van der Waals surface area contributed by atoms with E-state index in [2.05, 4.69) is 20.4 Å². The van der Waals surface area contributed by atoms with Crippen molar-refractivity contribution in [2.24, 2.45) is 0 Å². The van der Waals surface area contributed by atoms with Crippen LogP contribution in [-0.2, 0) is 0 Å². The van der Waals surface area contributed by atoms with Gasteiger partial charge in [0.25, 0.3) is 5.91 Å². The van der Waals surface area contributed by atoms with Crippen LogP contribution < -0.4 is 15.0 Å². The number of amides is 1. The molecule has 7 heteroatoms. The molecular weight excluding hydrogens is 264 g/mol. The molecule has 0 unspecified atom stereocenters. The summed E-state index contributed by atoms with van der Waals surface area (Å²) in [4.78, 5) is 16.1. The molecule has 19 heavy (non-hydrogen) atoms. The van der Waals surface area contributed by atoms with Crippen molar-refractivity contribution < 1.29 is 9.53 Å². The number of nitrogens with one attached hydrogen (secondary N) is 2. The van der Waals surface area contributed by atoms with Crippen LogP contribution in [0, 0.1) is 0 Å². The summed E-state index contributed by atoms with van der Waals surface area (Å²) in [7, 11) is 0. The molecule has 0 aromatic carbocycles. The average Bonchev–Trinajstić information content (AvgIpc) is 3.01. The number of hydrogen-bond acceptors (Lipinski definition) is 5. The van der Waals surface area contributed by atoms with Crippen molar-refractivity contribution in [2.45, 2.75) is 0 Å². The van der Waals surface area contributed by atoms with Gasteiger partial charge in [0.05, 0.1) is 17.6 Å². The second-order valence-electron chi connectivity index (χ2n) is 4.52. The van der Waals surface area contributed by atoms with Gasteiger partial charge in [0.15, 0.2) is 5.75 Å². The van der Waals surface area contributed by atoms with E-state index >= 15 is 0 Å². The lowest BCUT2D eigenvalue weighted by atomic mass is 10.2. The monoisotopic (exact) mass is 276 g/mol. The Hall–Kier alpha value is -2.02. The van der Waals surface area contributed by atoms with Gasteiger partial charge in [-0.2, -0.15) is 5.10 Å². The molecule has 0 spiro atoms. The summed E-state index contributed by atoms with van der Waals surface area (Å²) in [5.41, 5.74) is 1.91. The first-order chi connectivity index (χ1) is 9.34. The number of thiophene rings is 1. The predicted molar refractivity (Wildman–Crippen MR) is 71.9 cm³/mol. The zero-order valence-electron chi connectivity index (χ0n) is 10.1. The van der Waals surface area contributed by atoms with Crippen molar-refractivity contribution in [1.82, 2.24) is 15.5 Å². The fourth-order valence-electron chi connectivity index (χ4n) is 2.53. The molecule has 0 saturated carbocycles. The second-order valence-corrected chi connectivity index (χ2v) is 5.54. The summed E-state index contributed by atoms with van der Waals surface area (Å²) in [6.07, 6.45) is 3.57. The van der Waals surface area contributed by atoms with Gasteiger partial charge < -0.3 is 15.0 Å². The molecular formula is C12H12N4O2S. The molecule has 0 atom stereocenters. The molecule has 2 aliphatic heterocycles. The normalized spacial score (nSPS) is 17.5. The lowest BCUT2D eigenvalue weighted by Gasteiger charge is -2.28. The molecule has 0 saturated heterocycles. The molecule has 6 nitrogen and oxygen atoms in total. The number of hydrogen-bond donors (Lipinski definition) is 2. The Labute approximate surface area is 113 Å². The minimum Gasteiger partial charge on any atom is -0.488 e. The number of rotatable bonds is 1. The molecule has 2 aromatic heterocycles. The maximum atomic E-state index is 12.1. The van der Waals surface area contributed by atoms with Gasteiger partial charge in [-0.15, -0.1) is 11.3 Å². The highest BCUT2D eigenvalue weighted by atomic mass is 32.1. The van der Waals surface area contributed by atoms with E-state index in [9.17, 15) is 4.79 Å². The van der Waals surface area contributed by atoms with E-state index in [-0.39, 0.29) is 5.91 Å². The summed E-state index contributed by atoms with van der Waals surface area (Å²) < 4.78 is 5.82. The van der Waals surface area contributed by atoms with Gasteiger partial charge in [-0.1, -0.05) is 0 Å². The Kier molecular flexibility index (Phi) is 2.28. The number of nitrogens with zero attached hydrogens (tertiary/aromatic N) is 2. The maximum Gasteiger partial charge on any atom is 0.263 e. The van der Waals surface area contributed by atoms with Crippen molar-refractivity contribution in [3.8, 4) is 16.2 Å². The van der Waals surface area contributed by atoms with Gasteiger partial charge in [0.1, 0.15) is 17.2 Å². The number of carbonyl (C=O) groups excluding carboxylic acids is 1. The van der Waals surface area contributed by atoms with E-state index in [1.54, 1.807) is 6.20 Å². The van der Waals surface area contributed by atoms with Crippen LogP contribution in [0.5, 0.6) is 5.75 Å². The molecule has 0 radical (unpaired) electrons. The third-order valence-corrected chi connectivity index (χ3v) is 4.61. The SMILES string of the molecule is O=C1NCCN2CCOc3c(-c4cn[nH]c4)sc1c32. The molecule has 0 aliphatic carbocycles. The summed E-state index contributed by atoms with van der Waals surface area (Å²) in [5.74, 6) is 0.814. The Morgan fingerprint density at radius 1 is 1.37 bits per heavy atom. The minimum absolute atomic E-state index is 0.0102. The summed E-state index contributed by atoms with van der Waals surface area (Å²) in [6, 6.07) is 0. The van der Waals surface area contributed by atoms with E-state index in [0.29, 0.717) is 13.2 Å². The minimum atomic E-state index is -0.0102. The van der Waals surface area contributed by atoms with Crippen LogP contribution in [0.2, 0.25) is 0 Å². The molecule has 4 rings (SSSR count). The van der Waals surface area contributed by atoms with E-state index in [1.807, 2.05) is 6.20 Å². The van der Waals surface area contributed by atoms with Gasteiger partial charge in [-0.25, -0.2) is 0 Å². The van der Waals surface area contributed by atoms with Crippen molar-refractivity contribution in [3.63, 3.8) is 0 Å². The molecule has 98 valence electrons. The predicted octanol–water partition coefficient (Wildman–Crippen LogP) is 1.08. The summed E-state index contributed by atoms with van der Waals surface area (Å²) >= 11 is 1.47. The van der Waals surface area contributed by atoms with Crippen LogP contribution in [0.15, 0.2) is 12.4 Å². The molecule has 4 heterocycles. The highest BCUT2D eigenvalue weighted by Crippen LogP contribution is 2.49. The number of anilines is 1. The first-order valence-electron chi connectivity index (χ1n) is 6.16. The van der Waals surface area contributed by atoms with Gasteiger partial charge in [0, 0.05) is 24.8 Å². The van der Waals surface area contributed by atoms with E-state index in [4.69, 9.17) is 4.74 Å². The zero-order valence-corrected chi connectivity index (χ0v) is 10.9. The third-order valence-electron chi connectivity index (χ3n) is 3.40. The summed E-state index contributed by atoms with van der Waals surface area (Å²) in [5, 5.41) is 9.70. The third kappa shape index (κ3) is 1.54. The van der Waals surface area contributed by atoms with Gasteiger partial charge >= 0.3 is 0 Å². The lowest BCUT2D eigenvalue weighted by molar-refractivity contribution is 0.0961. The fourth-order valence-corrected chi connectivity index (χ4v) is 3.69. The van der Waals surface area contributed by atoms with Crippen LogP contribution in [0.3, 0.4) is 0 Å².